The number of rotatable bonds is 7. The number of nitrogens with zero attached hydrogens (tertiary/aromatic N) is 5. The Hall–Kier alpha value is -3.14. The minimum atomic E-state index is -0.456. The fourth-order valence-corrected chi connectivity index (χ4v) is 3.53. The molecule has 10 heteroatoms. The lowest BCUT2D eigenvalue weighted by Gasteiger charge is -2.27. The summed E-state index contributed by atoms with van der Waals surface area (Å²) in [6.07, 6.45) is 3.67. The smallest absolute Gasteiger partial charge is 0.323 e. The third kappa shape index (κ3) is 3.38. The van der Waals surface area contributed by atoms with Crippen LogP contribution in [-0.2, 0) is 11.3 Å². The van der Waals surface area contributed by atoms with Crippen molar-refractivity contribution in [3.05, 3.63) is 40.3 Å². The monoisotopic (exact) mass is 387 g/mol. The van der Waals surface area contributed by atoms with Crippen molar-refractivity contribution in [2.45, 2.75) is 25.5 Å². The van der Waals surface area contributed by atoms with Gasteiger partial charge in [-0.1, -0.05) is 0 Å². The number of hydrogen-bond donors (Lipinski definition) is 0. The Bertz CT molecular complexity index is 962. The van der Waals surface area contributed by atoms with Gasteiger partial charge in [0.15, 0.2) is 5.52 Å². The van der Waals surface area contributed by atoms with Gasteiger partial charge in [0.2, 0.25) is 5.52 Å². The van der Waals surface area contributed by atoms with Crippen LogP contribution in [0.15, 0.2) is 33.5 Å². The van der Waals surface area contributed by atoms with Gasteiger partial charge in [0.25, 0.3) is 0 Å². The maximum absolute atomic E-state index is 11.7. The maximum atomic E-state index is 11.7. The number of hydrogen-bond acceptors (Lipinski definition) is 9. The lowest BCUT2D eigenvalue weighted by atomic mass is 10.1. The zero-order valence-corrected chi connectivity index (χ0v) is 15.7. The van der Waals surface area contributed by atoms with Crippen molar-refractivity contribution in [1.29, 1.82) is 0 Å². The molecule has 1 aliphatic heterocycles. The lowest BCUT2D eigenvalue weighted by Crippen LogP contribution is -2.32. The highest BCUT2D eigenvalue weighted by Gasteiger charge is 2.30. The van der Waals surface area contributed by atoms with Crippen molar-refractivity contribution < 1.29 is 18.7 Å². The summed E-state index contributed by atoms with van der Waals surface area (Å²) >= 11 is 0. The largest absolute Gasteiger partial charge is 0.467 e. The molecule has 1 fully saturated rings. The van der Waals surface area contributed by atoms with E-state index in [1.807, 2.05) is 12.1 Å². The van der Waals surface area contributed by atoms with Crippen molar-refractivity contribution in [3.63, 3.8) is 0 Å². The Labute approximate surface area is 160 Å². The molecule has 1 unspecified atom stereocenters. The molecule has 1 aromatic carbocycles. The molecule has 3 heterocycles. The van der Waals surface area contributed by atoms with Crippen molar-refractivity contribution in [1.82, 2.24) is 10.3 Å². The first kappa shape index (κ1) is 18.2. The Kier molecular flexibility index (Phi) is 4.86. The second-order valence-corrected chi connectivity index (χ2v) is 6.97. The molecule has 0 saturated carbocycles. The van der Waals surface area contributed by atoms with Crippen LogP contribution in [0.25, 0.3) is 11.0 Å². The van der Waals surface area contributed by atoms with Crippen LogP contribution in [0.2, 0.25) is 0 Å². The Morgan fingerprint density at radius 1 is 1.29 bits per heavy atom. The number of benzene rings is 1. The van der Waals surface area contributed by atoms with Crippen LogP contribution in [0.1, 0.15) is 18.6 Å². The van der Waals surface area contributed by atoms with E-state index in [0.29, 0.717) is 30.0 Å². The average Bonchev–Trinajstić information content (AvgIpc) is 3.41. The standard InChI is InChI=1S/C18H21N5O5/c1-21(2)15-9-14(16-17(20-28-19-16)18(15)23(24)25)22(10-12-5-3-7-26-12)11-13-6-4-8-27-13/h3,5,7,9,13H,4,6,8,10-11H2,1-2H3. The first-order valence-corrected chi connectivity index (χ1v) is 9.04. The van der Waals surface area contributed by atoms with E-state index in [1.165, 1.54) is 0 Å². The van der Waals surface area contributed by atoms with Gasteiger partial charge in [-0.3, -0.25) is 10.1 Å². The molecular formula is C18H21N5O5. The summed E-state index contributed by atoms with van der Waals surface area (Å²) in [6.45, 7) is 1.82. The predicted octanol–water partition coefficient (Wildman–Crippen LogP) is 2.98. The third-order valence-corrected chi connectivity index (χ3v) is 4.85. The predicted molar refractivity (Wildman–Crippen MR) is 102 cm³/mol. The van der Waals surface area contributed by atoms with Gasteiger partial charge in [-0.15, -0.1) is 0 Å². The summed E-state index contributed by atoms with van der Waals surface area (Å²) < 4.78 is 16.2. The van der Waals surface area contributed by atoms with Gasteiger partial charge in [-0.25, -0.2) is 4.63 Å². The zero-order chi connectivity index (χ0) is 19.7. The molecule has 0 spiro atoms. The van der Waals surface area contributed by atoms with Gasteiger partial charge in [0.1, 0.15) is 11.4 Å². The van der Waals surface area contributed by atoms with Gasteiger partial charge < -0.3 is 19.0 Å². The number of nitro groups is 1. The minimum absolute atomic E-state index is 0.0721. The Morgan fingerprint density at radius 2 is 2.11 bits per heavy atom. The first-order chi connectivity index (χ1) is 13.5. The molecule has 0 bridgehead atoms. The summed E-state index contributed by atoms with van der Waals surface area (Å²) in [5.41, 5.74) is 1.47. The molecule has 3 aromatic rings. The van der Waals surface area contributed by atoms with Crippen LogP contribution in [0.4, 0.5) is 17.1 Å². The van der Waals surface area contributed by atoms with Crippen LogP contribution >= 0.6 is 0 Å². The molecule has 0 N–H and O–H groups in total. The topological polar surface area (TPSA) is 111 Å². The number of aromatic nitrogens is 2. The van der Waals surface area contributed by atoms with Crippen molar-refractivity contribution in [2.75, 3.05) is 37.0 Å². The quantitative estimate of drug-likeness (QED) is 0.446. The van der Waals surface area contributed by atoms with Crippen molar-refractivity contribution in [2.24, 2.45) is 0 Å². The molecule has 28 heavy (non-hydrogen) atoms. The van der Waals surface area contributed by atoms with Crippen molar-refractivity contribution >= 4 is 28.1 Å². The number of fused-ring (bicyclic) bond motifs is 1. The zero-order valence-electron chi connectivity index (χ0n) is 15.7. The summed E-state index contributed by atoms with van der Waals surface area (Å²) in [6, 6.07) is 5.47. The van der Waals surface area contributed by atoms with Gasteiger partial charge >= 0.3 is 5.69 Å². The first-order valence-electron chi connectivity index (χ1n) is 9.04. The fraction of sp³-hybridized carbons (Fsp3) is 0.444. The molecule has 0 aliphatic carbocycles. The van der Waals surface area contributed by atoms with Gasteiger partial charge in [-0.05, 0) is 41.4 Å². The molecule has 2 aromatic heterocycles. The molecule has 4 rings (SSSR count). The van der Waals surface area contributed by atoms with Crippen LogP contribution < -0.4 is 9.80 Å². The van der Waals surface area contributed by atoms with E-state index >= 15 is 0 Å². The van der Waals surface area contributed by atoms with E-state index in [4.69, 9.17) is 13.8 Å². The molecule has 148 valence electrons. The van der Waals surface area contributed by atoms with Crippen LogP contribution in [0.3, 0.4) is 0 Å². The van der Waals surface area contributed by atoms with Gasteiger partial charge in [0.05, 0.1) is 29.5 Å². The van der Waals surface area contributed by atoms with E-state index in [9.17, 15) is 10.1 Å². The molecule has 1 saturated heterocycles. The number of ether oxygens (including phenoxy) is 1. The van der Waals surface area contributed by atoms with E-state index in [0.717, 1.165) is 25.2 Å². The average molecular weight is 387 g/mol. The van der Waals surface area contributed by atoms with Crippen LogP contribution in [0.5, 0.6) is 0 Å². The molecular weight excluding hydrogens is 366 g/mol. The fourth-order valence-electron chi connectivity index (χ4n) is 3.53. The second-order valence-electron chi connectivity index (χ2n) is 6.97. The van der Waals surface area contributed by atoms with E-state index in [2.05, 4.69) is 15.2 Å². The van der Waals surface area contributed by atoms with Gasteiger partial charge in [-0.2, -0.15) is 0 Å². The van der Waals surface area contributed by atoms with Crippen LogP contribution in [-0.4, -0.2) is 48.6 Å². The van der Waals surface area contributed by atoms with Crippen molar-refractivity contribution in [3.8, 4) is 0 Å². The normalized spacial score (nSPS) is 16.6. The summed E-state index contributed by atoms with van der Waals surface area (Å²) in [4.78, 5) is 15.0. The summed E-state index contributed by atoms with van der Waals surface area (Å²) in [7, 11) is 3.50. The Balaban J connectivity index is 1.83. The molecule has 10 nitrogen and oxygen atoms in total. The SMILES string of the molecule is CN(C)c1cc(N(Cc2ccco2)CC2CCCO2)c2nonc2c1[N+](=O)[O-]. The minimum Gasteiger partial charge on any atom is -0.467 e. The highest BCUT2D eigenvalue weighted by atomic mass is 16.6. The molecule has 0 amide bonds. The highest BCUT2D eigenvalue weighted by molar-refractivity contribution is 5.99. The van der Waals surface area contributed by atoms with Gasteiger partial charge in [0, 0.05) is 27.2 Å². The third-order valence-electron chi connectivity index (χ3n) is 4.85. The Morgan fingerprint density at radius 3 is 2.75 bits per heavy atom. The maximum Gasteiger partial charge on any atom is 0.323 e. The van der Waals surface area contributed by atoms with E-state index in [1.54, 1.807) is 31.3 Å². The highest BCUT2D eigenvalue weighted by Crippen LogP contribution is 2.40. The summed E-state index contributed by atoms with van der Waals surface area (Å²) in [5, 5.41) is 19.5. The molecule has 1 atom stereocenters. The summed E-state index contributed by atoms with van der Waals surface area (Å²) in [5.74, 6) is 0.771. The van der Waals surface area contributed by atoms with Crippen LogP contribution in [0, 0.1) is 10.1 Å². The number of nitro benzene ring substituents is 1. The van der Waals surface area contributed by atoms with E-state index in [-0.39, 0.29) is 17.3 Å². The number of furan rings is 1. The second kappa shape index (κ2) is 7.47. The van der Waals surface area contributed by atoms with E-state index < -0.39 is 4.92 Å². The molecule has 0 radical (unpaired) electrons. The lowest BCUT2D eigenvalue weighted by molar-refractivity contribution is -0.382. The molecule has 1 aliphatic rings. The number of anilines is 2.